The Balaban J connectivity index is 1.44. The lowest BCUT2D eigenvalue weighted by Gasteiger charge is -2.29. The van der Waals surface area contributed by atoms with Crippen LogP contribution in [0.1, 0.15) is 51.0 Å². The Morgan fingerprint density at radius 2 is 1.88 bits per heavy atom. The molecule has 1 saturated heterocycles. The predicted molar refractivity (Wildman–Crippen MR) is 164 cm³/mol. The van der Waals surface area contributed by atoms with E-state index in [1.165, 1.54) is 0 Å². The highest BCUT2D eigenvalue weighted by atomic mass is 35.5. The van der Waals surface area contributed by atoms with E-state index in [0.29, 0.717) is 48.2 Å². The molecule has 0 bridgehead atoms. The third-order valence-electron chi connectivity index (χ3n) is 7.85. The number of hydrogen-bond acceptors (Lipinski definition) is 5. The number of aliphatic carboxylic acids is 1. The molecule has 4 aromatic rings. The van der Waals surface area contributed by atoms with Crippen LogP contribution in [0.5, 0.6) is 0 Å². The molecule has 2 aromatic carbocycles. The van der Waals surface area contributed by atoms with Gasteiger partial charge < -0.3 is 15.3 Å². The standard InChI is InChI=1S/C32H36ClN5O4/c1-2-3-7-18-37-28(20-29(39)38-21-26(35-32(37)38)23-13-15-24(33)16-14-23)36-19-8-11-27(36)30(40)34-25(31(41)42)17-12-22-9-5-4-6-10-22/h4-6,9-10,13-16,20-21,25,27H,2-3,7-8,11-12,17-19H2,1H3,(H,34,40)(H,41,42)/t25-,27-/m0/s1. The van der Waals surface area contributed by atoms with Crippen molar-refractivity contribution in [2.45, 2.75) is 70.5 Å². The molecule has 0 spiro atoms. The fourth-order valence-electron chi connectivity index (χ4n) is 5.61. The number of unbranched alkanes of at least 4 members (excludes halogenated alkanes) is 2. The van der Waals surface area contributed by atoms with Gasteiger partial charge in [-0.05, 0) is 49.8 Å². The molecule has 5 rings (SSSR count). The maximum Gasteiger partial charge on any atom is 0.326 e. The average molecular weight is 590 g/mol. The van der Waals surface area contributed by atoms with Gasteiger partial charge in [-0.1, -0.05) is 73.8 Å². The maximum atomic E-state index is 13.6. The van der Waals surface area contributed by atoms with Crippen molar-refractivity contribution in [2.75, 3.05) is 11.4 Å². The van der Waals surface area contributed by atoms with Crippen LogP contribution >= 0.6 is 11.6 Å². The number of nitrogens with one attached hydrogen (secondary N) is 1. The molecule has 0 radical (unpaired) electrons. The van der Waals surface area contributed by atoms with Gasteiger partial charge in [-0.2, -0.15) is 0 Å². The molecular weight excluding hydrogens is 554 g/mol. The quantitative estimate of drug-likeness (QED) is 0.221. The first-order chi connectivity index (χ1) is 20.4. The molecule has 1 aliphatic rings. The Hall–Kier alpha value is -4.11. The molecule has 1 amide bonds. The van der Waals surface area contributed by atoms with Gasteiger partial charge in [-0.15, -0.1) is 0 Å². The van der Waals surface area contributed by atoms with E-state index in [9.17, 15) is 19.5 Å². The van der Waals surface area contributed by atoms with Crippen molar-refractivity contribution in [3.05, 3.63) is 87.8 Å². The van der Waals surface area contributed by atoms with E-state index in [2.05, 4.69) is 12.2 Å². The maximum absolute atomic E-state index is 13.6. The number of hydrogen-bond donors (Lipinski definition) is 2. The molecule has 3 heterocycles. The zero-order chi connectivity index (χ0) is 29.6. The van der Waals surface area contributed by atoms with Crippen LogP contribution in [0.2, 0.25) is 5.02 Å². The predicted octanol–water partition coefficient (Wildman–Crippen LogP) is 5.18. The summed E-state index contributed by atoms with van der Waals surface area (Å²) >= 11 is 6.08. The molecule has 0 unspecified atom stereocenters. The monoisotopic (exact) mass is 589 g/mol. The van der Waals surface area contributed by atoms with E-state index in [-0.39, 0.29) is 17.9 Å². The van der Waals surface area contributed by atoms with Crippen LogP contribution in [0.15, 0.2) is 71.7 Å². The topological polar surface area (TPSA) is 109 Å². The summed E-state index contributed by atoms with van der Waals surface area (Å²) in [6.07, 6.45) is 6.80. The van der Waals surface area contributed by atoms with Crippen molar-refractivity contribution in [2.24, 2.45) is 0 Å². The minimum atomic E-state index is -1.06. The number of rotatable bonds is 12. The number of anilines is 1. The number of carbonyl (C=O) groups excluding carboxylic acids is 1. The highest BCUT2D eigenvalue weighted by Gasteiger charge is 2.35. The fraction of sp³-hybridized carbons (Fsp3) is 0.375. The van der Waals surface area contributed by atoms with Gasteiger partial charge in [0.05, 0.1) is 5.69 Å². The van der Waals surface area contributed by atoms with Crippen LogP contribution in [-0.4, -0.2) is 49.6 Å². The number of carboxylic acid groups (broad SMARTS) is 1. The van der Waals surface area contributed by atoms with E-state index < -0.39 is 18.1 Å². The second-order valence-electron chi connectivity index (χ2n) is 10.8. The van der Waals surface area contributed by atoms with Crippen LogP contribution < -0.4 is 15.8 Å². The van der Waals surface area contributed by atoms with Crippen molar-refractivity contribution >= 4 is 35.1 Å². The smallest absolute Gasteiger partial charge is 0.326 e. The van der Waals surface area contributed by atoms with Gasteiger partial charge in [0.15, 0.2) is 0 Å². The average Bonchev–Trinajstić information content (AvgIpc) is 3.66. The van der Waals surface area contributed by atoms with Gasteiger partial charge >= 0.3 is 5.97 Å². The van der Waals surface area contributed by atoms with E-state index in [0.717, 1.165) is 36.8 Å². The molecule has 1 fully saturated rings. The molecule has 2 atom stereocenters. The number of halogens is 1. The molecule has 42 heavy (non-hydrogen) atoms. The molecule has 9 nitrogen and oxygen atoms in total. The van der Waals surface area contributed by atoms with Gasteiger partial charge in [0.25, 0.3) is 5.56 Å². The van der Waals surface area contributed by atoms with E-state index in [4.69, 9.17) is 16.6 Å². The zero-order valence-corrected chi connectivity index (χ0v) is 24.5. The summed E-state index contributed by atoms with van der Waals surface area (Å²) in [6, 6.07) is 16.9. The third-order valence-corrected chi connectivity index (χ3v) is 8.10. The molecule has 2 N–H and O–H groups in total. The molecule has 0 saturated carbocycles. The Labute approximate surface area is 249 Å². The fourth-order valence-corrected chi connectivity index (χ4v) is 5.74. The minimum Gasteiger partial charge on any atom is -0.480 e. The van der Waals surface area contributed by atoms with Crippen molar-refractivity contribution in [3.63, 3.8) is 0 Å². The molecule has 1 aliphatic heterocycles. The summed E-state index contributed by atoms with van der Waals surface area (Å²) in [6.45, 7) is 3.34. The minimum absolute atomic E-state index is 0.239. The van der Waals surface area contributed by atoms with Crippen molar-refractivity contribution in [1.29, 1.82) is 0 Å². The SMILES string of the molecule is CCCCCn1c(N2CCC[C@H]2C(=O)N[C@@H](CCc2ccccc2)C(=O)O)cc(=O)n2cc(-c3ccc(Cl)cc3)nc12. The number of imidazole rings is 1. The molecule has 10 heteroatoms. The summed E-state index contributed by atoms with van der Waals surface area (Å²) in [5.74, 6) is -0.263. The lowest BCUT2D eigenvalue weighted by molar-refractivity contribution is -0.142. The number of carbonyl (C=O) groups is 2. The normalized spacial score (nSPS) is 15.7. The molecule has 0 aliphatic carbocycles. The van der Waals surface area contributed by atoms with Crippen molar-refractivity contribution < 1.29 is 14.7 Å². The largest absolute Gasteiger partial charge is 0.480 e. The highest BCUT2D eigenvalue weighted by molar-refractivity contribution is 6.30. The summed E-state index contributed by atoms with van der Waals surface area (Å²) in [5.41, 5.74) is 2.28. The number of fused-ring (bicyclic) bond motifs is 1. The first-order valence-electron chi connectivity index (χ1n) is 14.6. The van der Waals surface area contributed by atoms with Crippen molar-refractivity contribution in [1.82, 2.24) is 19.3 Å². The van der Waals surface area contributed by atoms with E-state index in [1.54, 1.807) is 28.8 Å². The first kappa shape index (κ1) is 29.4. The van der Waals surface area contributed by atoms with Gasteiger partial charge in [-0.3, -0.25) is 18.6 Å². The Bertz CT molecular complexity index is 1600. The van der Waals surface area contributed by atoms with Gasteiger partial charge in [0.1, 0.15) is 17.9 Å². The van der Waals surface area contributed by atoms with E-state index in [1.807, 2.05) is 51.9 Å². The van der Waals surface area contributed by atoms with Gasteiger partial charge in [0.2, 0.25) is 11.7 Å². The summed E-state index contributed by atoms with van der Waals surface area (Å²) < 4.78 is 3.57. The lowest BCUT2D eigenvalue weighted by atomic mass is 10.0. The number of benzene rings is 2. The second kappa shape index (κ2) is 13.2. The highest BCUT2D eigenvalue weighted by Crippen LogP contribution is 2.28. The van der Waals surface area contributed by atoms with Crippen LogP contribution in [0.4, 0.5) is 5.82 Å². The number of amides is 1. The number of carboxylic acids is 1. The van der Waals surface area contributed by atoms with Crippen LogP contribution in [0, 0.1) is 0 Å². The molecule has 220 valence electrons. The van der Waals surface area contributed by atoms with Crippen LogP contribution in [0.3, 0.4) is 0 Å². The van der Waals surface area contributed by atoms with Gasteiger partial charge in [0, 0.05) is 35.9 Å². The summed E-state index contributed by atoms with van der Waals surface area (Å²) in [7, 11) is 0. The Kier molecular flexibility index (Phi) is 9.27. The summed E-state index contributed by atoms with van der Waals surface area (Å²) in [5, 5.41) is 13.3. The number of aromatic nitrogens is 3. The lowest BCUT2D eigenvalue weighted by Crippen LogP contribution is -2.50. The van der Waals surface area contributed by atoms with E-state index >= 15 is 0 Å². The second-order valence-corrected chi connectivity index (χ2v) is 11.2. The zero-order valence-electron chi connectivity index (χ0n) is 23.7. The molecule has 2 aromatic heterocycles. The molecular formula is C32H36ClN5O4. The Morgan fingerprint density at radius 1 is 1.12 bits per heavy atom. The first-order valence-corrected chi connectivity index (χ1v) is 15.0. The van der Waals surface area contributed by atoms with Gasteiger partial charge in [-0.25, -0.2) is 9.78 Å². The Morgan fingerprint density at radius 3 is 2.60 bits per heavy atom. The summed E-state index contributed by atoms with van der Waals surface area (Å²) in [4.78, 5) is 45.8. The number of aryl methyl sites for hydroxylation is 2. The third kappa shape index (κ3) is 6.51. The van der Waals surface area contributed by atoms with Crippen LogP contribution in [0.25, 0.3) is 17.0 Å². The van der Waals surface area contributed by atoms with Crippen molar-refractivity contribution in [3.8, 4) is 11.3 Å². The number of nitrogens with zero attached hydrogens (tertiary/aromatic N) is 4. The van der Waals surface area contributed by atoms with Crippen LogP contribution in [-0.2, 0) is 22.6 Å².